The molecule has 25 heavy (non-hydrogen) atoms. The highest BCUT2D eigenvalue weighted by Crippen LogP contribution is 2.19. The number of tetrazole rings is 1. The Balaban J connectivity index is 1.77. The minimum absolute atomic E-state index is 0.297. The monoisotopic (exact) mass is 359 g/mol. The summed E-state index contributed by atoms with van der Waals surface area (Å²) in [5, 5.41) is 15.6. The van der Waals surface area contributed by atoms with Crippen molar-refractivity contribution in [1.29, 1.82) is 0 Å². The van der Waals surface area contributed by atoms with Crippen LogP contribution < -0.4 is 5.32 Å². The van der Waals surface area contributed by atoms with Crippen molar-refractivity contribution >= 4 is 23.2 Å². The van der Waals surface area contributed by atoms with E-state index in [1.807, 2.05) is 6.92 Å². The van der Waals surface area contributed by atoms with E-state index in [0.29, 0.717) is 23.0 Å². The first kappa shape index (κ1) is 17.0. The molecule has 1 N–H and O–H groups in total. The summed E-state index contributed by atoms with van der Waals surface area (Å²) in [6.45, 7) is 1.85. The Bertz CT molecular complexity index is 864. The molecule has 128 valence electrons. The van der Waals surface area contributed by atoms with Crippen molar-refractivity contribution in [3.63, 3.8) is 0 Å². The molecule has 0 aliphatic carbocycles. The third kappa shape index (κ3) is 4.00. The first-order valence-corrected chi connectivity index (χ1v) is 8.06. The molecule has 0 fully saturated rings. The predicted octanol–water partition coefficient (Wildman–Crippen LogP) is 3.72. The molecule has 6 nitrogen and oxygen atoms in total. The summed E-state index contributed by atoms with van der Waals surface area (Å²) < 4.78 is 12.9. The molecule has 0 bridgehead atoms. The maximum Gasteiger partial charge on any atom is 0.251 e. The number of hydrogen-bond donors (Lipinski definition) is 1. The summed E-state index contributed by atoms with van der Waals surface area (Å²) in [5.74, 6) is -0.255. The van der Waals surface area contributed by atoms with Gasteiger partial charge in [0.2, 0.25) is 5.82 Å². The third-order valence-corrected chi connectivity index (χ3v) is 3.86. The highest BCUT2D eigenvalue weighted by molar-refractivity contribution is 6.30. The van der Waals surface area contributed by atoms with Gasteiger partial charge < -0.3 is 5.32 Å². The largest absolute Gasteiger partial charge is 0.324 e. The number of hydrogen-bond acceptors (Lipinski definition) is 4. The first-order valence-electron chi connectivity index (χ1n) is 7.68. The minimum atomic E-state index is -0.626. The van der Waals surface area contributed by atoms with Gasteiger partial charge in [-0.1, -0.05) is 18.5 Å². The van der Waals surface area contributed by atoms with Crippen molar-refractivity contribution in [1.82, 2.24) is 20.2 Å². The van der Waals surface area contributed by atoms with Crippen molar-refractivity contribution in [2.45, 2.75) is 19.4 Å². The SMILES string of the molecule is CCC(C(=O)Nc1ccc(F)cc1)n1nnc(-c2ccc(Cl)cc2)n1. The second kappa shape index (κ2) is 7.40. The topological polar surface area (TPSA) is 72.7 Å². The molecule has 0 saturated heterocycles. The summed E-state index contributed by atoms with van der Waals surface area (Å²) in [5.41, 5.74) is 1.26. The molecule has 1 unspecified atom stereocenters. The van der Waals surface area contributed by atoms with E-state index in [4.69, 9.17) is 11.6 Å². The zero-order chi connectivity index (χ0) is 17.8. The van der Waals surface area contributed by atoms with Crippen LogP contribution in [-0.2, 0) is 4.79 Å². The van der Waals surface area contributed by atoms with Gasteiger partial charge in [0.25, 0.3) is 5.91 Å². The molecule has 1 atom stereocenters. The van der Waals surface area contributed by atoms with E-state index in [0.717, 1.165) is 5.56 Å². The van der Waals surface area contributed by atoms with Gasteiger partial charge >= 0.3 is 0 Å². The number of nitrogens with zero attached hydrogens (tertiary/aromatic N) is 4. The number of nitrogens with one attached hydrogen (secondary N) is 1. The van der Waals surface area contributed by atoms with Crippen LogP contribution in [0, 0.1) is 5.82 Å². The lowest BCUT2D eigenvalue weighted by Gasteiger charge is -2.13. The average Bonchev–Trinajstić information content (AvgIpc) is 3.08. The van der Waals surface area contributed by atoms with Gasteiger partial charge in [0.05, 0.1) is 0 Å². The molecule has 0 saturated carbocycles. The smallest absolute Gasteiger partial charge is 0.251 e. The van der Waals surface area contributed by atoms with Crippen LogP contribution in [0.15, 0.2) is 48.5 Å². The van der Waals surface area contributed by atoms with E-state index in [1.54, 1.807) is 24.3 Å². The number of rotatable bonds is 5. The van der Waals surface area contributed by atoms with Crippen LogP contribution in [0.4, 0.5) is 10.1 Å². The average molecular weight is 360 g/mol. The van der Waals surface area contributed by atoms with Crippen LogP contribution in [0.3, 0.4) is 0 Å². The van der Waals surface area contributed by atoms with Crippen molar-refractivity contribution in [2.24, 2.45) is 0 Å². The Kier molecular flexibility index (Phi) is 5.04. The van der Waals surface area contributed by atoms with E-state index in [-0.39, 0.29) is 11.7 Å². The molecule has 1 amide bonds. The number of aromatic nitrogens is 4. The maximum absolute atomic E-state index is 12.9. The normalized spacial score (nSPS) is 12.0. The van der Waals surface area contributed by atoms with E-state index in [2.05, 4.69) is 20.7 Å². The van der Waals surface area contributed by atoms with Crippen LogP contribution in [-0.4, -0.2) is 26.1 Å². The van der Waals surface area contributed by atoms with Crippen molar-refractivity contribution in [3.05, 3.63) is 59.4 Å². The molecule has 1 heterocycles. The minimum Gasteiger partial charge on any atom is -0.324 e. The quantitative estimate of drug-likeness (QED) is 0.753. The van der Waals surface area contributed by atoms with E-state index >= 15 is 0 Å². The van der Waals surface area contributed by atoms with Crippen molar-refractivity contribution in [2.75, 3.05) is 5.32 Å². The highest BCUT2D eigenvalue weighted by Gasteiger charge is 2.22. The zero-order valence-electron chi connectivity index (χ0n) is 13.4. The van der Waals surface area contributed by atoms with Gasteiger partial charge in [-0.2, -0.15) is 4.80 Å². The summed E-state index contributed by atoms with van der Waals surface area (Å²) in [4.78, 5) is 13.7. The summed E-state index contributed by atoms with van der Waals surface area (Å²) in [6, 6.07) is 11.9. The Morgan fingerprint density at radius 1 is 1.20 bits per heavy atom. The number of carbonyl (C=O) groups excluding carboxylic acids is 1. The summed E-state index contributed by atoms with van der Waals surface area (Å²) in [7, 11) is 0. The Morgan fingerprint density at radius 2 is 1.88 bits per heavy atom. The van der Waals surface area contributed by atoms with Gasteiger partial charge in [-0.25, -0.2) is 4.39 Å². The van der Waals surface area contributed by atoms with Crippen molar-refractivity contribution in [3.8, 4) is 11.4 Å². The fraction of sp³-hybridized carbons (Fsp3) is 0.176. The lowest BCUT2D eigenvalue weighted by molar-refractivity contribution is -0.119. The molecule has 0 spiro atoms. The molecular weight excluding hydrogens is 345 g/mol. The number of carbonyl (C=O) groups is 1. The Hall–Kier alpha value is -2.80. The lowest BCUT2D eigenvalue weighted by Crippen LogP contribution is -2.27. The molecule has 2 aromatic carbocycles. The van der Waals surface area contributed by atoms with Gasteiger partial charge in [0, 0.05) is 16.3 Å². The zero-order valence-corrected chi connectivity index (χ0v) is 14.1. The third-order valence-electron chi connectivity index (χ3n) is 3.61. The Labute approximate surface area is 148 Å². The Morgan fingerprint density at radius 3 is 2.52 bits per heavy atom. The van der Waals surface area contributed by atoms with Crippen LogP contribution >= 0.6 is 11.6 Å². The van der Waals surface area contributed by atoms with Gasteiger partial charge in [-0.15, -0.1) is 10.2 Å². The molecule has 1 aromatic heterocycles. The standard InChI is InChI=1S/C17H15ClFN5O/c1-2-15(17(25)20-14-9-7-13(19)8-10-14)24-22-16(21-23-24)11-3-5-12(18)6-4-11/h3-10,15H,2H2,1H3,(H,20,25). The lowest BCUT2D eigenvalue weighted by atomic mass is 10.2. The fourth-order valence-corrected chi connectivity index (χ4v) is 2.41. The van der Waals surface area contributed by atoms with Crippen LogP contribution in [0.1, 0.15) is 19.4 Å². The molecule has 3 rings (SSSR count). The first-order chi connectivity index (χ1) is 12.1. The van der Waals surface area contributed by atoms with Crippen LogP contribution in [0.25, 0.3) is 11.4 Å². The van der Waals surface area contributed by atoms with Crippen LogP contribution in [0.2, 0.25) is 5.02 Å². The van der Waals surface area contributed by atoms with E-state index in [1.165, 1.54) is 29.1 Å². The second-order valence-corrected chi connectivity index (χ2v) is 5.80. The molecular formula is C17H15ClFN5O. The van der Waals surface area contributed by atoms with Gasteiger partial charge in [-0.05, 0) is 60.2 Å². The molecule has 0 aliphatic heterocycles. The maximum atomic E-state index is 12.9. The van der Waals surface area contributed by atoms with Gasteiger partial charge in [0.15, 0.2) is 6.04 Å². The highest BCUT2D eigenvalue weighted by atomic mass is 35.5. The molecule has 0 aliphatic rings. The number of benzene rings is 2. The number of amides is 1. The van der Waals surface area contributed by atoms with Gasteiger partial charge in [0.1, 0.15) is 5.82 Å². The van der Waals surface area contributed by atoms with E-state index < -0.39 is 6.04 Å². The van der Waals surface area contributed by atoms with Crippen LogP contribution in [0.5, 0.6) is 0 Å². The molecule has 3 aromatic rings. The summed E-state index contributed by atoms with van der Waals surface area (Å²) >= 11 is 5.87. The van der Waals surface area contributed by atoms with Crippen molar-refractivity contribution < 1.29 is 9.18 Å². The summed E-state index contributed by atoms with van der Waals surface area (Å²) in [6.07, 6.45) is 0.476. The predicted molar refractivity (Wildman–Crippen MR) is 92.6 cm³/mol. The number of halogens is 2. The van der Waals surface area contributed by atoms with E-state index in [9.17, 15) is 9.18 Å². The molecule has 0 radical (unpaired) electrons. The van der Waals surface area contributed by atoms with Gasteiger partial charge in [-0.3, -0.25) is 4.79 Å². The number of anilines is 1. The fourth-order valence-electron chi connectivity index (χ4n) is 2.28. The second-order valence-electron chi connectivity index (χ2n) is 5.36. The molecule has 8 heteroatoms.